The van der Waals surface area contributed by atoms with Crippen molar-refractivity contribution in [1.29, 1.82) is 0 Å². The Hall–Kier alpha value is -0.980. The summed E-state index contributed by atoms with van der Waals surface area (Å²) in [5.41, 5.74) is 0.0847. The summed E-state index contributed by atoms with van der Waals surface area (Å²) in [5, 5.41) is 1.14. The van der Waals surface area contributed by atoms with E-state index >= 15 is 0 Å². The molecule has 1 aromatic heterocycles. The van der Waals surface area contributed by atoms with Crippen LogP contribution in [0.3, 0.4) is 0 Å². The fourth-order valence-corrected chi connectivity index (χ4v) is 5.61. The number of likely N-dealkylation sites (tertiary alicyclic amines) is 2. The van der Waals surface area contributed by atoms with E-state index in [-0.39, 0.29) is 11.6 Å². The second-order valence-corrected chi connectivity index (χ2v) is 9.16. The smallest absolute Gasteiger partial charge is 0.223 e. The van der Waals surface area contributed by atoms with Gasteiger partial charge in [0, 0.05) is 49.3 Å². The summed E-state index contributed by atoms with van der Waals surface area (Å²) in [6.07, 6.45) is 9.70. The van der Waals surface area contributed by atoms with Gasteiger partial charge in [-0.3, -0.25) is 9.69 Å². The molecular weight excluding hydrogens is 334 g/mol. The van der Waals surface area contributed by atoms with Gasteiger partial charge >= 0.3 is 0 Å². The Morgan fingerprint density at radius 1 is 1.32 bits per heavy atom. The van der Waals surface area contributed by atoms with Gasteiger partial charge in [-0.15, -0.1) is 11.3 Å². The van der Waals surface area contributed by atoms with Crippen molar-refractivity contribution in [3.63, 3.8) is 0 Å². The van der Waals surface area contributed by atoms with E-state index in [2.05, 4.69) is 21.7 Å². The minimum absolute atomic E-state index is 0.0847. The summed E-state index contributed by atoms with van der Waals surface area (Å²) in [5.74, 6) is 0.349. The van der Waals surface area contributed by atoms with Crippen LogP contribution in [0, 0.1) is 6.92 Å². The molecule has 138 valence electrons. The zero-order chi connectivity index (χ0) is 17.3. The number of aromatic nitrogens is 1. The molecule has 0 aromatic carbocycles. The van der Waals surface area contributed by atoms with Crippen LogP contribution < -0.4 is 0 Å². The summed E-state index contributed by atoms with van der Waals surface area (Å²) in [6.45, 7) is 6.95. The van der Waals surface area contributed by atoms with Gasteiger partial charge in [-0.1, -0.05) is 0 Å². The van der Waals surface area contributed by atoms with Crippen molar-refractivity contribution < 1.29 is 9.53 Å². The number of thiazole rings is 1. The van der Waals surface area contributed by atoms with Gasteiger partial charge in [0.15, 0.2) is 0 Å². The van der Waals surface area contributed by atoms with E-state index < -0.39 is 0 Å². The average molecular weight is 364 g/mol. The Morgan fingerprint density at radius 2 is 2.24 bits per heavy atom. The first kappa shape index (κ1) is 17.4. The highest BCUT2D eigenvalue weighted by molar-refractivity contribution is 7.11. The van der Waals surface area contributed by atoms with Crippen molar-refractivity contribution in [2.75, 3.05) is 26.2 Å². The molecule has 3 fully saturated rings. The van der Waals surface area contributed by atoms with Crippen molar-refractivity contribution >= 4 is 17.2 Å². The van der Waals surface area contributed by atoms with Gasteiger partial charge in [-0.2, -0.15) is 0 Å². The lowest BCUT2D eigenvalue weighted by Gasteiger charge is -2.39. The monoisotopic (exact) mass is 363 g/mol. The fraction of sp³-hybridized carbons (Fsp3) is 0.789. The number of hydrogen-bond acceptors (Lipinski definition) is 5. The largest absolute Gasteiger partial charge is 0.376 e. The first-order valence-corrected chi connectivity index (χ1v) is 10.5. The van der Waals surface area contributed by atoms with E-state index in [1.807, 2.05) is 6.20 Å². The Bertz CT molecular complexity index is 614. The Balaban J connectivity index is 1.41. The number of nitrogens with zero attached hydrogens (tertiary/aromatic N) is 3. The quantitative estimate of drug-likeness (QED) is 0.825. The first-order valence-electron chi connectivity index (χ1n) is 9.70. The summed E-state index contributed by atoms with van der Waals surface area (Å²) < 4.78 is 5.82. The van der Waals surface area contributed by atoms with Crippen LogP contribution in [-0.4, -0.2) is 58.6 Å². The molecule has 0 unspecified atom stereocenters. The second-order valence-electron chi connectivity index (χ2n) is 7.84. The summed E-state index contributed by atoms with van der Waals surface area (Å²) in [4.78, 5) is 23.1. The number of hydrogen-bond donors (Lipinski definition) is 0. The molecule has 3 aliphatic rings. The maximum atomic E-state index is 12.6. The lowest BCUT2D eigenvalue weighted by molar-refractivity contribution is -0.133. The van der Waals surface area contributed by atoms with Gasteiger partial charge < -0.3 is 9.64 Å². The topological polar surface area (TPSA) is 45.7 Å². The molecule has 4 rings (SSSR count). The number of carbonyl (C=O) groups is 1. The first-order chi connectivity index (χ1) is 12.1. The molecule has 0 N–H and O–H groups in total. The van der Waals surface area contributed by atoms with E-state index in [1.165, 1.54) is 11.3 Å². The minimum atomic E-state index is 0.0847. The highest BCUT2D eigenvalue weighted by Gasteiger charge is 2.46. The van der Waals surface area contributed by atoms with Gasteiger partial charge in [-0.05, 0) is 52.0 Å². The van der Waals surface area contributed by atoms with Crippen LogP contribution in [-0.2, 0) is 16.1 Å². The molecule has 2 atom stereocenters. The molecule has 3 aliphatic heterocycles. The molecule has 0 aliphatic carbocycles. The third kappa shape index (κ3) is 3.76. The second kappa shape index (κ2) is 7.33. The third-order valence-corrected chi connectivity index (χ3v) is 7.04. The molecule has 0 bridgehead atoms. The molecule has 6 heteroatoms. The highest BCUT2D eigenvalue weighted by atomic mass is 32.1. The van der Waals surface area contributed by atoms with Crippen molar-refractivity contribution in [1.82, 2.24) is 14.8 Å². The Labute approximate surface area is 154 Å². The predicted octanol–water partition coefficient (Wildman–Crippen LogP) is 2.98. The SMILES string of the molecule is Cc1ncc(CN2CCC[C@@]3(CCC(=O)N3C[C@@H]3CCCO3)CC2)s1. The zero-order valence-corrected chi connectivity index (χ0v) is 16.0. The lowest BCUT2D eigenvalue weighted by Crippen LogP contribution is -2.49. The van der Waals surface area contributed by atoms with Crippen molar-refractivity contribution in [2.45, 2.75) is 70.1 Å². The van der Waals surface area contributed by atoms with Gasteiger partial charge in [0.05, 0.1) is 11.1 Å². The van der Waals surface area contributed by atoms with Crippen molar-refractivity contribution in [3.05, 3.63) is 16.1 Å². The van der Waals surface area contributed by atoms with Gasteiger partial charge in [0.1, 0.15) is 0 Å². The number of carbonyl (C=O) groups excluding carboxylic acids is 1. The van der Waals surface area contributed by atoms with E-state index in [9.17, 15) is 4.79 Å². The van der Waals surface area contributed by atoms with Gasteiger partial charge in [0.2, 0.25) is 5.91 Å². The maximum absolute atomic E-state index is 12.6. The molecule has 3 saturated heterocycles. The number of aryl methyl sites for hydroxylation is 1. The molecule has 4 heterocycles. The summed E-state index contributed by atoms with van der Waals surface area (Å²) in [6, 6.07) is 0. The fourth-order valence-electron chi connectivity index (χ4n) is 4.77. The van der Waals surface area contributed by atoms with Crippen LogP contribution in [0.15, 0.2) is 6.20 Å². The normalized spacial score (nSPS) is 31.2. The molecule has 1 amide bonds. The van der Waals surface area contributed by atoms with Crippen molar-refractivity contribution in [2.24, 2.45) is 0 Å². The molecular formula is C19H29N3O2S. The summed E-state index contributed by atoms with van der Waals surface area (Å²) >= 11 is 1.80. The summed E-state index contributed by atoms with van der Waals surface area (Å²) in [7, 11) is 0. The number of ether oxygens (including phenoxy) is 1. The molecule has 5 nitrogen and oxygen atoms in total. The average Bonchev–Trinajstić information content (AvgIpc) is 3.27. The maximum Gasteiger partial charge on any atom is 0.223 e. The van der Waals surface area contributed by atoms with Crippen LogP contribution in [0.25, 0.3) is 0 Å². The molecule has 25 heavy (non-hydrogen) atoms. The number of amides is 1. The predicted molar refractivity (Wildman–Crippen MR) is 98.6 cm³/mol. The minimum Gasteiger partial charge on any atom is -0.376 e. The van der Waals surface area contributed by atoms with E-state index in [1.54, 1.807) is 11.3 Å². The van der Waals surface area contributed by atoms with E-state index in [0.29, 0.717) is 5.91 Å². The van der Waals surface area contributed by atoms with Crippen LogP contribution in [0.4, 0.5) is 0 Å². The number of rotatable bonds is 4. The Morgan fingerprint density at radius 3 is 3.00 bits per heavy atom. The standard InChI is InChI=1S/C19H29N3O2S/c1-15-20-12-17(25-15)14-21-9-3-6-19(8-10-21)7-5-18(23)22(19)13-16-4-2-11-24-16/h12,16H,2-11,13-14H2,1H3/t16-,19+/m0/s1. The third-order valence-electron chi connectivity index (χ3n) is 6.15. The molecule has 1 spiro atoms. The highest BCUT2D eigenvalue weighted by Crippen LogP contribution is 2.40. The van der Waals surface area contributed by atoms with Crippen LogP contribution in [0.5, 0.6) is 0 Å². The van der Waals surface area contributed by atoms with E-state index in [4.69, 9.17) is 4.74 Å². The Kier molecular flexibility index (Phi) is 5.11. The molecule has 0 radical (unpaired) electrons. The van der Waals surface area contributed by atoms with Crippen LogP contribution in [0.2, 0.25) is 0 Å². The van der Waals surface area contributed by atoms with E-state index in [0.717, 1.165) is 76.3 Å². The van der Waals surface area contributed by atoms with Crippen molar-refractivity contribution in [3.8, 4) is 0 Å². The zero-order valence-electron chi connectivity index (χ0n) is 15.2. The molecule has 1 aromatic rings. The van der Waals surface area contributed by atoms with Crippen LogP contribution >= 0.6 is 11.3 Å². The van der Waals surface area contributed by atoms with Gasteiger partial charge in [-0.25, -0.2) is 4.98 Å². The van der Waals surface area contributed by atoms with Crippen LogP contribution in [0.1, 0.15) is 54.8 Å². The lowest BCUT2D eigenvalue weighted by atomic mass is 9.87. The van der Waals surface area contributed by atoms with Gasteiger partial charge in [0.25, 0.3) is 0 Å². The molecule has 0 saturated carbocycles.